The van der Waals surface area contributed by atoms with E-state index >= 15 is 0 Å². The Kier molecular flexibility index (Phi) is 6.88. The van der Waals surface area contributed by atoms with Crippen molar-refractivity contribution in [2.24, 2.45) is 0 Å². The number of anilines is 1. The van der Waals surface area contributed by atoms with Crippen LogP contribution < -0.4 is 5.32 Å². The van der Waals surface area contributed by atoms with Gasteiger partial charge in [-0.2, -0.15) is 0 Å². The number of amides is 1. The van der Waals surface area contributed by atoms with Crippen LogP contribution in [0.5, 0.6) is 0 Å². The Hall–Kier alpha value is -2.27. The van der Waals surface area contributed by atoms with Crippen molar-refractivity contribution < 1.29 is 14.3 Å². The van der Waals surface area contributed by atoms with Crippen LogP contribution in [-0.4, -0.2) is 24.2 Å². The highest BCUT2D eigenvalue weighted by Crippen LogP contribution is 2.19. The number of thioether (sulfide) groups is 1. The minimum Gasteiger partial charge on any atom is -0.462 e. The quantitative estimate of drug-likeness (QED) is 0.602. The molecule has 0 unspecified atom stereocenters. The SMILES string of the molecule is CCOC(=O)c1ccc(NC(=O)CCSc2ccc(C)cc2)cc1. The summed E-state index contributed by atoms with van der Waals surface area (Å²) in [5.74, 6) is 0.318. The molecule has 0 saturated carbocycles. The van der Waals surface area contributed by atoms with Crippen LogP contribution in [0.2, 0.25) is 0 Å². The lowest BCUT2D eigenvalue weighted by Gasteiger charge is -2.07. The monoisotopic (exact) mass is 343 g/mol. The second-order valence-electron chi connectivity index (χ2n) is 5.26. The second-order valence-corrected chi connectivity index (χ2v) is 6.43. The lowest BCUT2D eigenvalue weighted by molar-refractivity contribution is -0.115. The van der Waals surface area contributed by atoms with Gasteiger partial charge in [0.1, 0.15) is 0 Å². The number of rotatable bonds is 7. The first-order valence-electron chi connectivity index (χ1n) is 7.85. The number of carbonyl (C=O) groups is 2. The minimum absolute atomic E-state index is 0.0431. The topological polar surface area (TPSA) is 55.4 Å². The lowest BCUT2D eigenvalue weighted by atomic mass is 10.2. The van der Waals surface area contributed by atoms with Gasteiger partial charge in [-0.15, -0.1) is 11.8 Å². The molecule has 24 heavy (non-hydrogen) atoms. The van der Waals surface area contributed by atoms with Gasteiger partial charge in [0.05, 0.1) is 12.2 Å². The van der Waals surface area contributed by atoms with Crippen LogP contribution in [0.4, 0.5) is 5.69 Å². The van der Waals surface area contributed by atoms with E-state index in [9.17, 15) is 9.59 Å². The van der Waals surface area contributed by atoms with E-state index in [-0.39, 0.29) is 11.9 Å². The Balaban J connectivity index is 1.77. The van der Waals surface area contributed by atoms with Gasteiger partial charge in [0.25, 0.3) is 0 Å². The molecule has 2 rings (SSSR count). The second kappa shape index (κ2) is 9.13. The van der Waals surface area contributed by atoms with Gasteiger partial charge < -0.3 is 10.1 Å². The molecular weight excluding hydrogens is 322 g/mol. The van der Waals surface area contributed by atoms with E-state index in [1.165, 1.54) is 5.56 Å². The predicted molar refractivity (Wildman–Crippen MR) is 97.5 cm³/mol. The third-order valence-electron chi connectivity index (χ3n) is 3.30. The highest BCUT2D eigenvalue weighted by molar-refractivity contribution is 7.99. The molecule has 126 valence electrons. The maximum Gasteiger partial charge on any atom is 0.338 e. The zero-order chi connectivity index (χ0) is 17.4. The van der Waals surface area contributed by atoms with Crippen molar-refractivity contribution >= 4 is 29.3 Å². The molecule has 0 bridgehead atoms. The summed E-state index contributed by atoms with van der Waals surface area (Å²) in [4.78, 5) is 24.7. The van der Waals surface area contributed by atoms with E-state index in [0.717, 1.165) is 10.6 Å². The van der Waals surface area contributed by atoms with E-state index in [2.05, 4.69) is 36.5 Å². The molecule has 2 aromatic rings. The van der Waals surface area contributed by atoms with Gasteiger partial charge in [-0.1, -0.05) is 17.7 Å². The van der Waals surface area contributed by atoms with Crippen molar-refractivity contribution in [1.29, 1.82) is 0 Å². The van der Waals surface area contributed by atoms with E-state index in [1.54, 1.807) is 43.0 Å². The number of nitrogens with one attached hydrogen (secondary N) is 1. The summed E-state index contributed by atoms with van der Waals surface area (Å²) in [5.41, 5.74) is 2.38. The third-order valence-corrected chi connectivity index (χ3v) is 4.31. The van der Waals surface area contributed by atoms with E-state index in [0.29, 0.717) is 24.3 Å². The summed E-state index contributed by atoms with van der Waals surface area (Å²) in [6.45, 7) is 4.16. The van der Waals surface area contributed by atoms with Gasteiger partial charge in [-0.25, -0.2) is 4.79 Å². The first-order valence-corrected chi connectivity index (χ1v) is 8.83. The van der Waals surface area contributed by atoms with Crippen molar-refractivity contribution in [3.8, 4) is 0 Å². The summed E-state index contributed by atoms with van der Waals surface area (Å²) in [6, 6.07) is 15.0. The third kappa shape index (κ3) is 5.74. The first-order chi connectivity index (χ1) is 11.6. The molecule has 0 aliphatic heterocycles. The Morgan fingerprint density at radius 3 is 2.33 bits per heavy atom. The molecule has 5 heteroatoms. The number of ether oxygens (including phenoxy) is 1. The van der Waals surface area contributed by atoms with Crippen molar-refractivity contribution in [3.63, 3.8) is 0 Å². The van der Waals surface area contributed by atoms with Crippen LogP contribution in [0.3, 0.4) is 0 Å². The molecule has 0 saturated heterocycles. The van der Waals surface area contributed by atoms with Crippen LogP contribution in [0.15, 0.2) is 53.4 Å². The van der Waals surface area contributed by atoms with E-state index in [1.807, 2.05) is 0 Å². The van der Waals surface area contributed by atoms with Crippen molar-refractivity contribution in [3.05, 3.63) is 59.7 Å². The zero-order valence-corrected chi connectivity index (χ0v) is 14.7. The van der Waals surface area contributed by atoms with Gasteiger partial charge in [0.2, 0.25) is 5.91 Å². The van der Waals surface area contributed by atoms with Crippen molar-refractivity contribution in [2.45, 2.75) is 25.2 Å². The lowest BCUT2D eigenvalue weighted by Crippen LogP contribution is -2.12. The highest BCUT2D eigenvalue weighted by Gasteiger charge is 2.07. The highest BCUT2D eigenvalue weighted by atomic mass is 32.2. The maximum absolute atomic E-state index is 12.0. The molecule has 0 aliphatic rings. The fraction of sp³-hybridized carbons (Fsp3) is 0.263. The molecule has 4 nitrogen and oxygen atoms in total. The molecule has 1 amide bonds. The normalized spacial score (nSPS) is 10.2. The van der Waals surface area contributed by atoms with Crippen LogP contribution in [-0.2, 0) is 9.53 Å². The van der Waals surface area contributed by atoms with Gasteiger partial charge in [-0.05, 0) is 50.2 Å². The standard InChI is InChI=1S/C19H21NO3S/c1-3-23-19(22)15-6-8-16(9-7-15)20-18(21)12-13-24-17-10-4-14(2)5-11-17/h4-11H,3,12-13H2,1-2H3,(H,20,21). The first kappa shape index (κ1) is 18.1. The summed E-state index contributed by atoms with van der Waals surface area (Å²) in [5, 5.41) is 2.83. The summed E-state index contributed by atoms with van der Waals surface area (Å²) in [7, 11) is 0. The molecule has 0 fully saturated rings. The predicted octanol–water partition coefficient (Wildman–Crippen LogP) is 4.29. The smallest absolute Gasteiger partial charge is 0.338 e. The average molecular weight is 343 g/mol. The van der Waals surface area contributed by atoms with Gasteiger partial charge in [-0.3, -0.25) is 4.79 Å². The Morgan fingerprint density at radius 2 is 1.71 bits per heavy atom. The minimum atomic E-state index is -0.357. The number of hydrogen-bond acceptors (Lipinski definition) is 4. The van der Waals surface area contributed by atoms with Crippen molar-refractivity contribution in [1.82, 2.24) is 0 Å². The number of benzene rings is 2. The van der Waals surface area contributed by atoms with Gasteiger partial charge in [0.15, 0.2) is 0 Å². The van der Waals surface area contributed by atoms with Crippen LogP contribution in [0, 0.1) is 6.92 Å². The van der Waals surface area contributed by atoms with Crippen LogP contribution >= 0.6 is 11.8 Å². The molecule has 0 radical (unpaired) electrons. The molecule has 2 aromatic carbocycles. The largest absolute Gasteiger partial charge is 0.462 e. The molecule has 0 aromatic heterocycles. The number of carbonyl (C=O) groups excluding carboxylic acids is 2. The Bertz CT molecular complexity index is 681. The molecule has 0 heterocycles. The fourth-order valence-electron chi connectivity index (χ4n) is 2.02. The molecule has 1 N–H and O–H groups in total. The fourth-order valence-corrected chi connectivity index (χ4v) is 2.88. The number of aryl methyl sites for hydroxylation is 1. The molecule has 0 aliphatic carbocycles. The average Bonchev–Trinajstić information content (AvgIpc) is 2.57. The zero-order valence-electron chi connectivity index (χ0n) is 13.9. The molecular formula is C19H21NO3S. The van der Waals surface area contributed by atoms with Crippen LogP contribution in [0.25, 0.3) is 0 Å². The van der Waals surface area contributed by atoms with Crippen LogP contribution in [0.1, 0.15) is 29.3 Å². The summed E-state index contributed by atoms with van der Waals surface area (Å²) in [6.07, 6.45) is 0.429. The Morgan fingerprint density at radius 1 is 1.04 bits per heavy atom. The van der Waals surface area contributed by atoms with E-state index < -0.39 is 0 Å². The summed E-state index contributed by atoms with van der Waals surface area (Å²) >= 11 is 1.66. The number of hydrogen-bond donors (Lipinski definition) is 1. The van der Waals surface area contributed by atoms with Gasteiger partial charge >= 0.3 is 5.97 Å². The van der Waals surface area contributed by atoms with Gasteiger partial charge in [0, 0.05) is 22.8 Å². The number of esters is 1. The maximum atomic E-state index is 12.0. The molecule has 0 spiro atoms. The Labute approximate surface area is 146 Å². The van der Waals surface area contributed by atoms with Crippen molar-refractivity contribution in [2.75, 3.05) is 17.7 Å². The summed E-state index contributed by atoms with van der Waals surface area (Å²) < 4.78 is 4.92. The van der Waals surface area contributed by atoms with E-state index in [4.69, 9.17) is 4.74 Å². The molecule has 0 atom stereocenters.